The molecule has 234 valence electrons. The molecule has 1 N–H and O–H groups in total. The topological polar surface area (TPSA) is 84.1 Å². The molecule has 1 amide bonds. The van der Waals surface area contributed by atoms with Crippen LogP contribution in [-0.2, 0) is 20.7 Å². The van der Waals surface area contributed by atoms with Crippen LogP contribution in [0.2, 0.25) is 0 Å². The van der Waals surface area contributed by atoms with Gasteiger partial charge < -0.3 is 24.1 Å². The molecule has 1 aromatic heterocycles. The largest absolute Gasteiger partial charge is 0.491 e. The highest BCUT2D eigenvalue weighted by Gasteiger charge is 2.35. The van der Waals surface area contributed by atoms with Gasteiger partial charge >= 0.3 is 12.1 Å². The first-order chi connectivity index (χ1) is 20.4. The Hall–Kier alpha value is -3.73. The quantitative estimate of drug-likeness (QED) is 0.261. The third-order valence-electron chi connectivity index (χ3n) is 7.54. The number of fused-ring (bicyclic) bond motifs is 3. The summed E-state index contributed by atoms with van der Waals surface area (Å²) in [5, 5.41) is 0.744. The maximum atomic E-state index is 15.8. The number of amides is 1. The predicted octanol–water partition coefficient (Wildman–Crippen LogP) is 6.24. The molecule has 2 heterocycles. The Morgan fingerprint density at radius 3 is 2.60 bits per heavy atom. The van der Waals surface area contributed by atoms with Crippen molar-refractivity contribution < 1.29 is 37.0 Å². The molecule has 0 radical (unpaired) electrons. The molecule has 4 rings (SSSR count). The van der Waals surface area contributed by atoms with Gasteiger partial charge in [-0.15, -0.1) is 0 Å². The Morgan fingerprint density at radius 2 is 1.91 bits per heavy atom. The lowest BCUT2D eigenvalue weighted by molar-refractivity contribution is -0.141. The monoisotopic (exact) mass is 603 g/mol. The van der Waals surface area contributed by atoms with Crippen LogP contribution in [0.3, 0.4) is 0 Å². The zero-order chi connectivity index (χ0) is 31.3. The Kier molecular flexibility index (Phi) is 10.3. The molecule has 0 saturated carbocycles. The lowest BCUT2D eigenvalue weighted by atomic mass is 9.89. The van der Waals surface area contributed by atoms with Crippen LogP contribution in [0.1, 0.15) is 62.0 Å². The lowest BCUT2D eigenvalue weighted by Gasteiger charge is -2.37. The second-order valence-electron chi connectivity index (χ2n) is 11.7. The Balaban J connectivity index is 1.65. The summed E-state index contributed by atoms with van der Waals surface area (Å²) in [6.07, 6.45) is 0.311. The highest BCUT2D eigenvalue weighted by atomic mass is 19.1. The van der Waals surface area contributed by atoms with Gasteiger partial charge in [0.1, 0.15) is 29.6 Å². The number of aromatic amines is 1. The van der Waals surface area contributed by atoms with Gasteiger partial charge in [-0.3, -0.25) is 14.1 Å². The minimum Gasteiger partial charge on any atom is -0.491 e. The van der Waals surface area contributed by atoms with E-state index >= 15 is 4.39 Å². The molecule has 0 saturated heterocycles. The van der Waals surface area contributed by atoms with E-state index in [2.05, 4.69) is 4.98 Å². The van der Waals surface area contributed by atoms with Crippen molar-refractivity contribution in [3.63, 3.8) is 0 Å². The minimum absolute atomic E-state index is 0.0745. The van der Waals surface area contributed by atoms with Crippen molar-refractivity contribution in [2.45, 2.75) is 58.6 Å². The van der Waals surface area contributed by atoms with E-state index in [-0.39, 0.29) is 44.3 Å². The van der Waals surface area contributed by atoms with E-state index in [1.807, 2.05) is 4.90 Å². The number of nitrogens with one attached hydrogen (secondary N) is 1. The van der Waals surface area contributed by atoms with Crippen LogP contribution in [0.4, 0.5) is 18.0 Å². The number of ether oxygens (including phenoxy) is 3. The summed E-state index contributed by atoms with van der Waals surface area (Å²) < 4.78 is 59.2. The highest BCUT2D eigenvalue weighted by molar-refractivity contribution is 5.85. The van der Waals surface area contributed by atoms with E-state index in [0.717, 1.165) is 22.2 Å². The second kappa shape index (κ2) is 13.7. The minimum atomic E-state index is -0.707. The summed E-state index contributed by atoms with van der Waals surface area (Å²) in [4.78, 5) is 31.5. The number of esters is 1. The third kappa shape index (κ3) is 7.62. The first kappa shape index (κ1) is 32.2. The number of alkyl halides is 1. The number of aromatic nitrogens is 1. The maximum absolute atomic E-state index is 15.8. The third-order valence-corrected chi connectivity index (χ3v) is 7.54. The molecule has 1 aliphatic rings. The van der Waals surface area contributed by atoms with Crippen LogP contribution < -0.4 is 4.74 Å². The van der Waals surface area contributed by atoms with Crippen molar-refractivity contribution in [1.29, 1.82) is 0 Å². The highest BCUT2D eigenvalue weighted by Crippen LogP contribution is 2.42. The fraction of sp³-hybridized carbons (Fsp3) is 0.500. The smallest absolute Gasteiger partial charge is 0.410 e. The van der Waals surface area contributed by atoms with Gasteiger partial charge in [-0.1, -0.05) is 0 Å². The van der Waals surface area contributed by atoms with Crippen molar-refractivity contribution >= 4 is 23.0 Å². The summed E-state index contributed by atoms with van der Waals surface area (Å²) in [5.41, 5.74) is 2.60. The van der Waals surface area contributed by atoms with Gasteiger partial charge in [-0.05, 0) is 82.0 Å². The van der Waals surface area contributed by atoms with E-state index in [0.29, 0.717) is 36.4 Å². The van der Waals surface area contributed by atoms with Gasteiger partial charge in [0.05, 0.1) is 32.8 Å². The molecule has 0 spiro atoms. The first-order valence-corrected chi connectivity index (χ1v) is 14.5. The zero-order valence-corrected chi connectivity index (χ0v) is 25.4. The summed E-state index contributed by atoms with van der Waals surface area (Å²) >= 11 is 0. The van der Waals surface area contributed by atoms with Crippen LogP contribution in [0.5, 0.6) is 5.75 Å². The SMILES string of the molecule is COC(=O)CCN1CCc2c([nH]c3ccc(F)cc23)C1c1c(F)ccc(OCCN(CCCF)C(=O)OC(C)(C)C)c1C. The molecule has 3 aromatic rings. The molecule has 1 unspecified atom stereocenters. The van der Waals surface area contributed by atoms with Crippen molar-refractivity contribution in [3.05, 3.63) is 64.4 Å². The summed E-state index contributed by atoms with van der Waals surface area (Å²) in [6.45, 7) is 7.69. The Labute approximate surface area is 250 Å². The van der Waals surface area contributed by atoms with Gasteiger partial charge in [0.2, 0.25) is 0 Å². The average molecular weight is 604 g/mol. The zero-order valence-electron chi connectivity index (χ0n) is 25.4. The Morgan fingerprint density at radius 1 is 1.14 bits per heavy atom. The lowest BCUT2D eigenvalue weighted by Crippen LogP contribution is -2.40. The average Bonchev–Trinajstić information content (AvgIpc) is 3.31. The molecule has 1 aliphatic heterocycles. The van der Waals surface area contributed by atoms with E-state index in [9.17, 15) is 18.4 Å². The summed E-state index contributed by atoms with van der Waals surface area (Å²) in [7, 11) is 1.33. The molecule has 0 aliphatic carbocycles. The maximum Gasteiger partial charge on any atom is 0.410 e. The van der Waals surface area contributed by atoms with Crippen LogP contribution in [-0.4, -0.2) is 79.0 Å². The molecule has 2 aromatic carbocycles. The van der Waals surface area contributed by atoms with Crippen molar-refractivity contribution in [1.82, 2.24) is 14.8 Å². The fourth-order valence-electron chi connectivity index (χ4n) is 5.52. The number of carbonyl (C=O) groups is 2. The number of halogens is 3. The van der Waals surface area contributed by atoms with Gasteiger partial charge in [0.25, 0.3) is 0 Å². The summed E-state index contributed by atoms with van der Waals surface area (Å²) in [5.74, 6) is -0.759. The molecule has 11 heteroatoms. The second-order valence-corrected chi connectivity index (χ2v) is 11.7. The first-order valence-electron chi connectivity index (χ1n) is 14.5. The normalized spacial score (nSPS) is 15.3. The molecule has 43 heavy (non-hydrogen) atoms. The van der Waals surface area contributed by atoms with Crippen molar-refractivity contribution in [3.8, 4) is 5.75 Å². The number of rotatable bonds is 11. The van der Waals surface area contributed by atoms with Crippen molar-refractivity contribution in [2.75, 3.05) is 46.6 Å². The molecule has 0 fully saturated rings. The van der Waals surface area contributed by atoms with Crippen LogP contribution in [0.15, 0.2) is 30.3 Å². The van der Waals surface area contributed by atoms with Crippen LogP contribution in [0.25, 0.3) is 10.9 Å². The van der Waals surface area contributed by atoms with Gasteiger partial charge in [0.15, 0.2) is 0 Å². The number of carbonyl (C=O) groups excluding carboxylic acids is 2. The standard InChI is InChI=1S/C32H40F3N3O5/c1-20-26(42-18-17-38(14-6-13-33)31(40)43-32(2,3)4)10-8-24(35)28(20)30-29-22(11-15-37(30)16-12-27(39)41-5)23-19-21(34)7-9-25(23)36-29/h7-10,19,30,36H,6,11-18H2,1-5H3. The fourth-order valence-corrected chi connectivity index (χ4v) is 5.52. The molecule has 8 nitrogen and oxygen atoms in total. The van der Waals surface area contributed by atoms with E-state index < -0.39 is 30.2 Å². The van der Waals surface area contributed by atoms with Crippen LogP contribution in [0, 0.1) is 18.6 Å². The molecule has 1 atom stereocenters. The number of H-pyrrole nitrogens is 1. The van der Waals surface area contributed by atoms with E-state index in [1.54, 1.807) is 33.8 Å². The predicted molar refractivity (Wildman–Crippen MR) is 157 cm³/mol. The number of nitrogens with zero attached hydrogens (tertiary/aromatic N) is 2. The number of hydrogen-bond donors (Lipinski definition) is 1. The van der Waals surface area contributed by atoms with Crippen molar-refractivity contribution in [2.24, 2.45) is 0 Å². The summed E-state index contributed by atoms with van der Waals surface area (Å²) in [6, 6.07) is 6.80. The Bertz CT molecular complexity index is 1450. The molecular weight excluding hydrogens is 563 g/mol. The molecule has 0 bridgehead atoms. The van der Waals surface area contributed by atoms with Gasteiger partial charge in [-0.25, -0.2) is 13.6 Å². The van der Waals surface area contributed by atoms with E-state index in [4.69, 9.17) is 14.2 Å². The van der Waals surface area contributed by atoms with Crippen LogP contribution >= 0.6 is 0 Å². The van der Waals surface area contributed by atoms with Gasteiger partial charge in [0, 0.05) is 41.8 Å². The van der Waals surface area contributed by atoms with Gasteiger partial charge in [-0.2, -0.15) is 0 Å². The number of methoxy groups -OCH3 is 1. The number of benzene rings is 2. The van der Waals surface area contributed by atoms with E-state index in [1.165, 1.54) is 36.3 Å². The molecular formula is C32H40F3N3O5. The number of hydrogen-bond acceptors (Lipinski definition) is 6.